The zero-order chi connectivity index (χ0) is 14.6. The first-order valence-corrected chi connectivity index (χ1v) is 7.34. The highest BCUT2D eigenvalue weighted by atomic mass is 16.6. The van der Waals surface area contributed by atoms with E-state index in [1.807, 2.05) is 30.0 Å². The number of likely N-dealkylation sites (N-methyl/N-ethyl adjacent to an activating group) is 1. The topological polar surface area (TPSA) is 42.0 Å². The summed E-state index contributed by atoms with van der Waals surface area (Å²) in [5, 5.41) is 0. The Labute approximate surface area is 121 Å². The molecule has 2 rings (SSSR count). The van der Waals surface area contributed by atoms with Gasteiger partial charge in [0.1, 0.15) is 5.60 Å². The standard InChI is InChI=1S/C15H26N2O3/c1-16(2)9-4-6-14(18)17-10-7-13(19-3)15(12-17)8-5-11-20-15/h4,6,13H,5,7-12H2,1-3H3/b6-4+/t13-,15-/m0/s1. The van der Waals surface area contributed by atoms with Crippen molar-refractivity contribution in [3.63, 3.8) is 0 Å². The van der Waals surface area contributed by atoms with Crippen molar-refractivity contribution in [1.82, 2.24) is 9.80 Å². The number of methoxy groups -OCH3 is 1. The smallest absolute Gasteiger partial charge is 0.246 e. The van der Waals surface area contributed by atoms with E-state index in [1.54, 1.807) is 13.2 Å². The van der Waals surface area contributed by atoms with Crippen molar-refractivity contribution in [2.75, 3.05) is 47.4 Å². The second kappa shape index (κ2) is 6.70. The van der Waals surface area contributed by atoms with Crippen LogP contribution in [0, 0.1) is 0 Å². The van der Waals surface area contributed by atoms with Crippen LogP contribution in [0.5, 0.6) is 0 Å². The molecule has 0 aromatic carbocycles. The van der Waals surface area contributed by atoms with Crippen LogP contribution in [0.15, 0.2) is 12.2 Å². The molecule has 0 aromatic rings. The molecule has 0 bridgehead atoms. The molecule has 2 atom stereocenters. The highest BCUT2D eigenvalue weighted by Gasteiger charge is 2.47. The van der Waals surface area contributed by atoms with Crippen molar-refractivity contribution >= 4 is 5.91 Å². The Morgan fingerprint density at radius 3 is 2.95 bits per heavy atom. The number of nitrogens with zero attached hydrogens (tertiary/aromatic N) is 2. The number of rotatable bonds is 4. The molecule has 0 N–H and O–H groups in total. The van der Waals surface area contributed by atoms with E-state index in [0.717, 1.165) is 39.0 Å². The molecule has 20 heavy (non-hydrogen) atoms. The molecular formula is C15H26N2O3. The van der Waals surface area contributed by atoms with E-state index in [1.165, 1.54) is 0 Å². The summed E-state index contributed by atoms with van der Waals surface area (Å²) in [5.74, 6) is 0.0799. The lowest BCUT2D eigenvalue weighted by atomic mass is 9.87. The first kappa shape index (κ1) is 15.5. The molecule has 1 spiro atoms. The van der Waals surface area contributed by atoms with Crippen LogP contribution in [-0.2, 0) is 14.3 Å². The van der Waals surface area contributed by atoms with Gasteiger partial charge in [0.15, 0.2) is 0 Å². The minimum atomic E-state index is -0.280. The molecule has 0 aromatic heterocycles. The molecule has 2 saturated heterocycles. The summed E-state index contributed by atoms with van der Waals surface area (Å²) in [4.78, 5) is 16.2. The van der Waals surface area contributed by atoms with Crippen molar-refractivity contribution in [2.24, 2.45) is 0 Å². The van der Waals surface area contributed by atoms with Gasteiger partial charge in [-0.3, -0.25) is 4.79 Å². The van der Waals surface area contributed by atoms with E-state index >= 15 is 0 Å². The molecular weight excluding hydrogens is 256 g/mol. The van der Waals surface area contributed by atoms with E-state index in [2.05, 4.69) is 0 Å². The number of piperidine rings is 1. The molecule has 0 saturated carbocycles. The molecule has 0 aliphatic carbocycles. The van der Waals surface area contributed by atoms with Gasteiger partial charge in [-0.1, -0.05) is 6.08 Å². The summed E-state index contributed by atoms with van der Waals surface area (Å²) >= 11 is 0. The average Bonchev–Trinajstić information content (AvgIpc) is 2.87. The van der Waals surface area contributed by atoms with E-state index in [9.17, 15) is 4.79 Å². The highest BCUT2D eigenvalue weighted by molar-refractivity contribution is 5.87. The Kier molecular flexibility index (Phi) is 5.18. The maximum atomic E-state index is 12.2. The average molecular weight is 282 g/mol. The number of carbonyl (C=O) groups is 1. The molecule has 2 fully saturated rings. The van der Waals surface area contributed by atoms with Crippen molar-refractivity contribution < 1.29 is 14.3 Å². The number of ether oxygens (including phenoxy) is 2. The predicted molar refractivity (Wildman–Crippen MR) is 77.6 cm³/mol. The third-order valence-electron chi connectivity index (χ3n) is 4.17. The molecule has 0 unspecified atom stereocenters. The quantitative estimate of drug-likeness (QED) is 0.719. The summed E-state index contributed by atoms with van der Waals surface area (Å²) in [7, 11) is 5.71. The van der Waals surface area contributed by atoms with Gasteiger partial charge in [-0.25, -0.2) is 0 Å². The number of amides is 1. The summed E-state index contributed by atoms with van der Waals surface area (Å²) in [6.07, 6.45) is 6.58. The van der Waals surface area contributed by atoms with Gasteiger partial charge < -0.3 is 19.3 Å². The van der Waals surface area contributed by atoms with Gasteiger partial charge in [-0.2, -0.15) is 0 Å². The SMILES string of the molecule is CO[C@H]1CCN(C(=O)/C=C/CN(C)C)C[C@@]12CCCO2. The molecule has 114 valence electrons. The number of hydrogen-bond acceptors (Lipinski definition) is 4. The van der Waals surface area contributed by atoms with Crippen LogP contribution in [0.25, 0.3) is 0 Å². The fourth-order valence-electron chi connectivity index (χ4n) is 3.13. The van der Waals surface area contributed by atoms with Gasteiger partial charge in [0.05, 0.1) is 12.6 Å². The Hall–Kier alpha value is -0.910. The second-order valence-corrected chi connectivity index (χ2v) is 5.95. The van der Waals surface area contributed by atoms with Crippen LogP contribution >= 0.6 is 0 Å². The zero-order valence-electron chi connectivity index (χ0n) is 12.8. The number of carbonyl (C=O) groups excluding carboxylic acids is 1. The van der Waals surface area contributed by atoms with E-state index in [4.69, 9.17) is 9.47 Å². The molecule has 0 radical (unpaired) electrons. The largest absolute Gasteiger partial charge is 0.378 e. The molecule has 2 heterocycles. The Balaban J connectivity index is 1.97. The first-order valence-electron chi connectivity index (χ1n) is 7.34. The summed E-state index contributed by atoms with van der Waals surface area (Å²) in [6, 6.07) is 0. The summed E-state index contributed by atoms with van der Waals surface area (Å²) < 4.78 is 11.5. The lowest BCUT2D eigenvalue weighted by molar-refractivity contribution is -0.157. The van der Waals surface area contributed by atoms with Crippen LogP contribution in [0.1, 0.15) is 19.3 Å². The van der Waals surface area contributed by atoms with Crippen LogP contribution in [-0.4, -0.2) is 74.9 Å². The van der Waals surface area contributed by atoms with Gasteiger partial charge in [-0.15, -0.1) is 0 Å². The third kappa shape index (κ3) is 3.40. The van der Waals surface area contributed by atoms with E-state index in [0.29, 0.717) is 6.54 Å². The van der Waals surface area contributed by atoms with Crippen LogP contribution in [0.3, 0.4) is 0 Å². The zero-order valence-corrected chi connectivity index (χ0v) is 12.8. The lowest BCUT2D eigenvalue weighted by Gasteiger charge is -2.44. The van der Waals surface area contributed by atoms with Gasteiger partial charge in [0.2, 0.25) is 5.91 Å². The van der Waals surface area contributed by atoms with Crippen LogP contribution in [0.4, 0.5) is 0 Å². The van der Waals surface area contributed by atoms with E-state index in [-0.39, 0.29) is 17.6 Å². The normalized spacial score (nSPS) is 30.8. The second-order valence-electron chi connectivity index (χ2n) is 5.95. The van der Waals surface area contributed by atoms with Crippen LogP contribution < -0.4 is 0 Å². The molecule has 5 heteroatoms. The monoisotopic (exact) mass is 282 g/mol. The Morgan fingerprint density at radius 2 is 2.35 bits per heavy atom. The number of hydrogen-bond donors (Lipinski definition) is 0. The fourth-order valence-corrected chi connectivity index (χ4v) is 3.13. The van der Waals surface area contributed by atoms with Crippen molar-refractivity contribution in [2.45, 2.75) is 31.0 Å². The van der Waals surface area contributed by atoms with Gasteiger partial charge >= 0.3 is 0 Å². The van der Waals surface area contributed by atoms with Crippen molar-refractivity contribution in [3.8, 4) is 0 Å². The Morgan fingerprint density at radius 1 is 1.55 bits per heavy atom. The summed E-state index contributed by atoms with van der Waals surface area (Å²) in [5.41, 5.74) is -0.280. The minimum absolute atomic E-state index is 0.0799. The number of likely N-dealkylation sites (tertiary alicyclic amines) is 1. The maximum Gasteiger partial charge on any atom is 0.246 e. The van der Waals surface area contributed by atoms with Gasteiger partial charge in [0, 0.05) is 32.9 Å². The molecule has 2 aliphatic rings. The van der Waals surface area contributed by atoms with Crippen LogP contribution in [0.2, 0.25) is 0 Å². The maximum absolute atomic E-state index is 12.2. The predicted octanol–water partition coefficient (Wildman–Crippen LogP) is 0.901. The first-order chi connectivity index (χ1) is 9.57. The highest BCUT2D eigenvalue weighted by Crippen LogP contribution is 2.36. The van der Waals surface area contributed by atoms with Gasteiger partial charge in [-0.05, 0) is 33.4 Å². The molecule has 1 amide bonds. The minimum Gasteiger partial charge on any atom is -0.378 e. The van der Waals surface area contributed by atoms with E-state index < -0.39 is 0 Å². The van der Waals surface area contributed by atoms with Crippen molar-refractivity contribution in [1.29, 1.82) is 0 Å². The molecule has 5 nitrogen and oxygen atoms in total. The fraction of sp³-hybridized carbons (Fsp3) is 0.800. The van der Waals surface area contributed by atoms with Crippen molar-refractivity contribution in [3.05, 3.63) is 12.2 Å². The summed E-state index contributed by atoms with van der Waals surface area (Å²) in [6.45, 7) is 2.95. The third-order valence-corrected chi connectivity index (χ3v) is 4.17. The molecule has 2 aliphatic heterocycles. The Bertz CT molecular complexity index is 362. The lowest BCUT2D eigenvalue weighted by Crippen LogP contribution is -2.58. The van der Waals surface area contributed by atoms with Gasteiger partial charge in [0.25, 0.3) is 0 Å².